The molecule has 0 bridgehead atoms. The van der Waals surface area contributed by atoms with Crippen molar-refractivity contribution in [2.24, 2.45) is 0 Å². The van der Waals surface area contributed by atoms with Crippen LogP contribution in [0.2, 0.25) is 0 Å². The van der Waals surface area contributed by atoms with Gasteiger partial charge >= 0.3 is 0 Å². The Kier molecular flexibility index (Phi) is 3.59. The number of amides is 1. The van der Waals surface area contributed by atoms with E-state index in [0.717, 1.165) is 21.3 Å². The summed E-state index contributed by atoms with van der Waals surface area (Å²) in [7, 11) is 0. The SMILES string of the molecule is Cc1cc(NC(=O)c2ccc3c(c2)OCO3)cc(C)c1Br. The van der Waals surface area contributed by atoms with Gasteiger partial charge in [0.15, 0.2) is 11.5 Å². The molecule has 3 rings (SSSR count). The van der Waals surface area contributed by atoms with Crippen LogP contribution in [-0.4, -0.2) is 12.7 Å². The monoisotopic (exact) mass is 347 g/mol. The van der Waals surface area contributed by atoms with Crippen molar-refractivity contribution < 1.29 is 14.3 Å². The minimum absolute atomic E-state index is 0.172. The summed E-state index contributed by atoms with van der Waals surface area (Å²) in [5, 5.41) is 2.90. The Morgan fingerprint density at radius 3 is 2.48 bits per heavy atom. The Morgan fingerprint density at radius 1 is 1.10 bits per heavy atom. The summed E-state index contributed by atoms with van der Waals surface area (Å²) in [6.07, 6.45) is 0. The molecule has 1 amide bonds. The van der Waals surface area contributed by atoms with Crippen LogP contribution in [0.4, 0.5) is 5.69 Å². The molecule has 0 radical (unpaired) electrons. The van der Waals surface area contributed by atoms with Gasteiger partial charge in [-0.2, -0.15) is 0 Å². The number of hydrogen-bond acceptors (Lipinski definition) is 3. The molecule has 108 valence electrons. The van der Waals surface area contributed by atoms with Crippen molar-refractivity contribution in [1.82, 2.24) is 0 Å². The zero-order valence-corrected chi connectivity index (χ0v) is 13.3. The van der Waals surface area contributed by atoms with Crippen molar-refractivity contribution in [2.45, 2.75) is 13.8 Å². The van der Waals surface area contributed by atoms with Gasteiger partial charge in [0.1, 0.15) is 0 Å². The minimum Gasteiger partial charge on any atom is -0.454 e. The Hall–Kier alpha value is -2.01. The van der Waals surface area contributed by atoms with Crippen LogP contribution < -0.4 is 14.8 Å². The van der Waals surface area contributed by atoms with Gasteiger partial charge in [-0.15, -0.1) is 0 Å². The summed E-state index contributed by atoms with van der Waals surface area (Å²) in [5.74, 6) is 1.10. The average molecular weight is 348 g/mol. The lowest BCUT2D eigenvalue weighted by atomic mass is 10.1. The van der Waals surface area contributed by atoms with Crippen LogP contribution in [-0.2, 0) is 0 Å². The number of halogens is 1. The fraction of sp³-hybridized carbons (Fsp3) is 0.188. The molecular weight excluding hydrogens is 334 g/mol. The smallest absolute Gasteiger partial charge is 0.255 e. The summed E-state index contributed by atoms with van der Waals surface area (Å²) < 4.78 is 11.6. The summed E-state index contributed by atoms with van der Waals surface area (Å²) in [6.45, 7) is 4.19. The first-order valence-corrected chi connectivity index (χ1v) is 7.31. The number of hydrogen-bond donors (Lipinski definition) is 1. The highest BCUT2D eigenvalue weighted by Crippen LogP contribution is 2.33. The van der Waals surface area contributed by atoms with E-state index in [1.807, 2.05) is 26.0 Å². The van der Waals surface area contributed by atoms with Crippen molar-refractivity contribution >= 4 is 27.5 Å². The quantitative estimate of drug-likeness (QED) is 0.891. The van der Waals surface area contributed by atoms with Crippen molar-refractivity contribution in [1.29, 1.82) is 0 Å². The van der Waals surface area contributed by atoms with E-state index in [-0.39, 0.29) is 12.7 Å². The second-order valence-corrected chi connectivity index (χ2v) is 5.74. The van der Waals surface area contributed by atoms with E-state index in [2.05, 4.69) is 21.2 Å². The fourth-order valence-corrected chi connectivity index (χ4v) is 2.49. The molecule has 2 aromatic rings. The number of fused-ring (bicyclic) bond motifs is 1. The molecule has 2 aromatic carbocycles. The number of aryl methyl sites for hydroxylation is 2. The van der Waals surface area contributed by atoms with Crippen LogP contribution in [0.3, 0.4) is 0 Å². The van der Waals surface area contributed by atoms with Gasteiger partial charge < -0.3 is 14.8 Å². The molecular formula is C16H14BrNO3. The Bertz CT molecular complexity index is 704. The molecule has 0 saturated carbocycles. The third-order valence-electron chi connectivity index (χ3n) is 3.33. The molecule has 0 fully saturated rings. The molecule has 0 unspecified atom stereocenters. The zero-order chi connectivity index (χ0) is 15.0. The summed E-state index contributed by atoms with van der Waals surface area (Å²) in [4.78, 5) is 12.3. The van der Waals surface area contributed by atoms with E-state index in [4.69, 9.17) is 9.47 Å². The molecule has 0 atom stereocenters. The number of ether oxygens (including phenoxy) is 2. The largest absolute Gasteiger partial charge is 0.454 e. The molecule has 21 heavy (non-hydrogen) atoms. The van der Waals surface area contributed by atoms with E-state index in [0.29, 0.717) is 17.1 Å². The normalized spacial score (nSPS) is 12.3. The molecule has 1 aliphatic rings. The predicted octanol–water partition coefficient (Wildman–Crippen LogP) is 4.05. The molecule has 1 N–H and O–H groups in total. The lowest BCUT2D eigenvalue weighted by Crippen LogP contribution is -2.12. The van der Waals surface area contributed by atoms with Crippen LogP contribution in [0, 0.1) is 13.8 Å². The van der Waals surface area contributed by atoms with Gasteiger partial charge in [0.25, 0.3) is 5.91 Å². The molecule has 0 aromatic heterocycles. The van der Waals surface area contributed by atoms with Gasteiger partial charge in [-0.1, -0.05) is 15.9 Å². The maximum atomic E-state index is 12.3. The molecule has 4 nitrogen and oxygen atoms in total. The van der Waals surface area contributed by atoms with Gasteiger partial charge in [-0.25, -0.2) is 0 Å². The first-order valence-electron chi connectivity index (χ1n) is 6.52. The summed E-state index contributed by atoms with van der Waals surface area (Å²) in [6, 6.07) is 9.02. The molecule has 0 saturated heterocycles. The van der Waals surface area contributed by atoms with Gasteiger partial charge in [0, 0.05) is 15.7 Å². The maximum absolute atomic E-state index is 12.3. The van der Waals surface area contributed by atoms with Crippen LogP contribution in [0.1, 0.15) is 21.5 Å². The van der Waals surface area contributed by atoms with E-state index >= 15 is 0 Å². The lowest BCUT2D eigenvalue weighted by molar-refractivity contribution is 0.102. The lowest BCUT2D eigenvalue weighted by Gasteiger charge is -2.10. The molecule has 0 aliphatic carbocycles. The van der Waals surface area contributed by atoms with Gasteiger partial charge in [0.05, 0.1) is 0 Å². The van der Waals surface area contributed by atoms with Crippen molar-refractivity contribution in [3.05, 3.63) is 51.5 Å². The summed E-state index contributed by atoms with van der Waals surface area (Å²) >= 11 is 3.52. The highest BCUT2D eigenvalue weighted by Gasteiger charge is 2.16. The number of rotatable bonds is 2. The van der Waals surface area contributed by atoms with E-state index in [9.17, 15) is 4.79 Å². The second-order valence-electron chi connectivity index (χ2n) is 4.95. The number of carbonyl (C=O) groups excluding carboxylic acids is 1. The van der Waals surface area contributed by atoms with E-state index in [1.54, 1.807) is 18.2 Å². The predicted molar refractivity (Wildman–Crippen MR) is 84.1 cm³/mol. The Balaban J connectivity index is 1.83. The molecule has 1 aliphatic heterocycles. The first-order chi connectivity index (χ1) is 10.0. The summed E-state index contributed by atoms with van der Waals surface area (Å²) in [5.41, 5.74) is 3.47. The Labute approximate surface area is 131 Å². The van der Waals surface area contributed by atoms with Gasteiger partial charge in [0.2, 0.25) is 6.79 Å². The molecule has 5 heteroatoms. The highest BCUT2D eigenvalue weighted by atomic mass is 79.9. The van der Waals surface area contributed by atoms with Crippen LogP contribution in [0.5, 0.6) is 11.5 Å². The van der Waals surface area contributed by atoms with Crippen LogP contribution >= 0.6 is 15.9 Å². The number of carbonyl (C=O) groups is 1. The number of benzene rings is 2. The zero-order valence-electron chi connectivity index (χ0n) is 11.7. The van der Waals surface area contributed by atoms with Crippen molar-refractivity contribution in [3.63, 3.8) is 0 Å². The van der Waals surface area contributed by atoms with Crippen molar-refractivity contribution in [3.8, 4) is 11.5 Å². The van der Waals surface area contributed by atoms with Gasteiger partial charge in [-0.3, -0.25) is 4.79 Å². The fourth-order valence-electron chi connectivity index (χ4n) is 2.26. The average Bonchev–Trinajstić information content (AvgIpc) is 2.91. The third-order valence-corrected chi connectivity index (χ3v) is 4.58. The van der Waals surface area contributed by atoms with Crippen LogP contribution in [0.25, 0.3) is 0 Å². The minimum atomic E-state index is -0.172. The Morgan fingerprint density at radius 2 is 1.76 bits per heavy atom. The molecule has 0 spiro atoms. The van der Waals surface area contributed by atoms with Crippen molar-refractivity contribution in [2.75, 3.05) is 12.1 Å². The van der Waals surface area contributed by atoms with E-state index in [1.165, 1.54) is 0 Å². The standard InChI is InChI=1S/C16H14BrNO3/c1-9-5-12(6-10(2)15(9)17)18-16(19)11-3-4-13-14(7-11)21-8-20-13/h3-7H,8H2,1-2H3,(H,18,19). The first kappa shape index (κ1) is 13.9. The second kappa shape index (κ2) is 5.41. The molecule has 1 heterocycles. The van der Waals surface area contributed by atoms with E-state index < -0.39 is 0 Å². The topological polar surface area (TPSA) is 47.6 Å². The number of nitrogens with one attached hydrogen (secondary N) is 1. The maximum Gasteiger partial charge on any atom is 0.255 e. The highest BCUT2D eigenvalue weighted by molar-refractivity contribution is 9.10. The van der Waals surface area contributed by atoms with Gasteiger partial charge in [-0.05, 0) is 55.3 Å². The third kappa shape index (κ3) is 2.74. The van der Waals surface area contributed by atoms with Crippen LogP contribution in [0.15, 0.2) is 34.8 Å². The number of anilines is 1.